The number of hydrogen-bond donors (Lipinski definition) is 5. The number of nitrogens with one attached hydrogen (secondary N) is 2. The smallest absolute Gasteiger partial charge is 0.219 e. The van der Waals surface area contributed by atoms with Gasteiger partial charge in [0, 0.05) is 75.7 Å². The summed E-state index contributed by atoms with van der Waals surface area (Å²) in [4.78, 5) is 24.8. The first-order valence-electron chi connectivity index (χ1n) is 16.7. The highest BCUT2D eigenvalue weighted by Gasteiger charge is 2.31. The zero-order valence-electron chi connectivity index (χ0n) is 27.5. The first-order valence-corrected chi connectivity index (χ1v) is 16.7. The topological polar surface area (TPSA) is 145 Å². The Kier molecular flexibility index (Phi) is 11.2. The summed E-state index contributed by atoms with van der Waals surface area (Å²) in [5, 5.41) is 26.3. The molecular formula is C38H44N8O3. The van der Waals surface area contributed by atoms with E-state index in [9.17, 15) is 15.0 Å². The van der Waals surface area contributed by atoms with Gasteiger partial charge in [-0.05, 0) is 70.6 Å². The number of rotatable bonds is 17. The Morgan fingerprint density at radius 1 is 0.898 bits per heavy atom. The van der Waals surface area contributed by atoms with E-state index in [0.29, 0.717) is 19.6 Å². The molecule has 6 N–H and O–H groups in total. The quantitative estimate of drug-likeness (QED) is 0.0976. The predicted octanol–water partition coefficient (Wildman–Crippen LogP) is 4.46. The van der Waals surface area contributed by atoms with Gasteiger partial charge in [-0.2, -0.15) is 0 Å². The second kappa shape index (κ2) is 16.2. The van der Waals surface area contributed by atoms with Crippen LogP contribution in [0, 0.1) is 0 Å². The number of anilines is 3. The van der Waals surface area contributed by atoms with Gasteiger partial charge in [-0.25, -0.2) is 4.98 Å². The number of nitrogens with zero attached hydrogens (tertiary/aromatic N) is 5. The van der Waals surface area contributed by atoms with Gasteiger partial charge in [-0.15, -0.1) is 0 Å². The Labute approximate surface area is 287 Å². The zero-order valence-corrected chi connectivity index (χ0v) is 27.5. The van der Waals surface area contributed by atoms with Crippen molar-refractivity contribution in [3.63, 3.8) is 0 Å². The van der Waals surface area contributed by atoms with Gasteiger partial charge in [-0.3, -0.25) is 9.78 Å². The molecule has 2 unspecified atom stereocenters. The summed E-state index contributed by atoms with van der Waals surface area (Å²) in [7, 11) is 0. The van der Waals surface area contributed by atoms with E-state index in [-0.39, 0.29) is 37.7 Å². The highest BCUT2D eigenvalue weighted by atomic mass is 16.3. The predicted molar refractivity (Wildman–Crippen MR) is 193 cm³/mol. The van der Waals surface area contributed by atoms with Crippen LogP contribution in [0.2, 0.25) is 0 Å². The average Bonchev–Trinajstić information content (AvgIpc) is 3.78. The molecule has 0 bridgehead atoms. The number of carbonyl (C=O) groups is 1. The molecule has 1 aliphatic heterocycles. The number of imidazole rings is 1. The Morgan fingerprint density at radius 2 is 1.63 bits per heavy atom. The average molecular weight is 661 g/mol. The van der Waals surface area contributed by atoms with Gasteiger partial charge in [0.25, 0.3) is 0 Å². The summed E-state index contributed by atoms with van der Waals surface area (Å²) in [6.07, 6.45) is 10.2. The van der Waals surface area contributed by atoms with Gasteiger partial charge in [0.05, 0.1) is 30.9 Å². The molecule has 11 heteroatoms. The fourth-order valence-corrected chi connectivity index (χ4v) is 6.44. The van der Waals surface area contributed by atoms with Gasteiger partial charge in [-0.1, -0.05) is 42.5 Å². The second-order valence-electron chi connectivity index (χ2n) is 12.2. The van der Waals surface area contributed by atoms with E-state index in [2.05, 4.69) is 84.7 Å². The molecule has 49 heavy (non-hydrogen) atoms. The van der Waals surface area contributed by atoms with Gasteiger partial charge < -0.3 is 40.9 Å². The molecule has 0 aliphatic carbocycles. The van der Waals surface area contributed by atoms with Gasteiger partial charge in [0.2, 0.25) is 5.91 Å². The van der Waals surface area contributed by atoms with Crippen molar-refractivity contribution in [2.45, 2.75) is 38.1 Å². The van der Waals surface area contributed by atoms with Gasteiger partial charge >= 0.3 is 0 Å². The lowest BCUT2D eigenvalue weighted by Gasteiger charge is -2.28. The normalized spacial score (nSPS) is 14.3. The molecule has 0 radical (unpaired) electrons. The molecule has 0 saturated heterocycles. The van der Waals surface area contributed by atoms with Crippen LogP contribution < -0.4 is 26.2 Å². The van der Waals surface area contributed by atoms with Crippen LogP contribution in [-0.2, 0) is 17.9 Å². The Hall–Kier alpha value is -5.23. The zero-order chi connectivity index (χ0) is 34.0. The third kappa shape index (κ3) is 8.44. The number of aliphatic hydroxyl groups excluding tert-OH is 2. The van der Waals surface area contributed by atoms with Crippen molar-refractivity contribution in [1.29, 1.82) is 0 Å². The lowest BCUT2D eigenvalue weighted by Crippen LogP contribution is -2.31. The van der Waals surface area contributed by atoms with Crippen LogP contribution in [-0.4, -0.2) is 63.5 Å². The number of aromatic nitrogens is 3. The van der Waals surface area contributed by atoms with E-state index in [1.54, 1.807) is 18.6 Å². The van der Waals surface area contributed by atoms with Crippen LogP contribution in [0.3, 0.4) is 0 Å². The minimum absolute atomic E-state index is 0.0124. The van der Waals surface area contributed by atoms with Crippen molar-refractivity contribution in [3.05, 3.63) is 127 Å². The van der Waals surface area contributed by atoms with Crippen molar-refractivity contribution in [1.82, 2.24) is 19.9 Å². The van der Waals surface area contributed by atoms with Crippen molar-refractivity contribution in [2.75, 3.05) is 48.0 Å². The molecule has 1 amide bonds. The van der Waals surface area contributed by atoms with Crippen LogP contribution in [0.25, 0.3) is 11.1 Å². The number of hydrogen-bond acceptors (Lipinski definition) is 9. The minimum atomic E-state index is -0.366. The highest BCUT2D eigenvalue weighted by Crippen LogP contribution is 2.43. The maximum Gasteiger partial charge on any atom is 0.219 e. The number of fused-ring (bicyclic) bond motifs is 1. The molecular weight excluding hydrogens is 616 g/mol. The SMILES string of the molecule is NC(=O)CC(NCc1ccc(-c2ccncc2)cc1)c1ccc2c(c1)NC(c1ccc(N(CCO)CCO)cc1)N2CCCn1ccnc1. The molecule has 0 saturated carbocycles. The molecule has 0 spiro atoms. The molecule has 254 valence electrons. The van der Waals surface area contributed by atoms with E-state index in [0.717, 1.165) is 64.4 Å². The Bertz CT molecular complexity index is 1760. The standard InChI is InChI=1S/C38H44N8O3/c39-37(49)25-34(42-26-28-2-4-29(5-3-28)30-12-14-40-15-13-30)32-8-11-36-35(24-32)43-38(46(36)18-1-17-44-19-16-41-27-44)31-6-9-33(10-7-31)45(20-22-47)21-23-48/h2-16,19,24,27,34,38,42-43,47-48H,1,17-18,20-23,25-26H2,(H2,39,49). The fourth-order valence-electron chi connectivity index (χ4n) is 6.44. The number of primary amides is 1. The number of benzene rings is 3. The fraction of sp³-hybridized carbons (Fsp3) is 0.289. The molecule has 3 aromatic carbocycles. The van der Waals surface area contributed by atoms with Gasteiger partial charge in [0.15, 0.2) is 0 Å². The molecule has 11 nitrogen and oxygen atoms in total. The van der Waals surface area contributed by atoms with Crippen molar-refractivity contribution in [2.24, 2.45) is 5.73 Å². The van der Waals surface area contributed by atoms with Crippen LogP contribution >= 0.6 is 0 Å². The summed E-state index contributed by atoms with van der Waals surface area (Å²) < 4.78 is 2.08. The third-order valence-corrected chi connectivity index (χ3v) is 8.95. The lowest BCUT2D eigenvalue weighted by molar-refractivity contribution is -0.118. The van der Waals surface area contributed by atoms with Crippen molar-refractivity contribution in [3.8, 4) is 11.1 Å². The number of nitrogens with two attached hydrogens (primary N) is 1. The monoisotopic (exact) mass is 660 g/mol. The molecule has 5 aromatic rings. The molecule has 2 atom stereocenters. The van der Waals surface area contributed by atoms with E-state index in [4.69, 9.17) is 5.73 Å². The minimum Gasteiger partial charge on any atom is -0.395 e. The Morgan fingerprint density at radius 3 is 2.31 bits per heavy atom. The molecule has 6 rings (SSSR count). The van der Waals surface area contributed by atoms with E-state index < -0.39 is 0 Å². The van der Waals surface area contributed by atoms with Gasteiger partial charge in [0.1, 0.15) is 6.17 Å². The number of carbonyl (C=O) groups excluding carboxylic acids is 1. The largest absolute Gasteiger partial charge is 0.395 e. The second-order valence-corrected chi connectivity index (χ2v) is 12.2. The lowest BCUT2D eigenvalue weighted by atomic mass is 10.0. The number of aliphatic hydroxyl groups is 2. The maximum atomic E-state index is 12.2. The Balaban J connectivity index is 1.21. The molecule has 3 heterocycles. The number of pyridine rings is 1. The van der Waals surface area contributed by atoms with Crippen molar-refractivity contribution >= 4 is 23.0 Å². The van der Waals surface area contributed by atoms with Crippen LogP contribution in [0.15, 0.2) is 110 Å². The first-order chi connectivity index (χ1) is 24.0. The van der Waals surface area contributed by atoms with Crippen molar-refractivity contribution < 1.29 is 15.0 Å². The first kappa shape index (κ1) is 33.7. The summed E-state index contributed by atoms with van der Waals surface area (Å²) in [5.74, 6) is -0.366. The molecule has 1 aliphatic rings. The summed E-state index contributed by atoms with van der Waals surface area (Å²) in [5.41, 5.74) is 14.2. The third-order valence-electron chi connectivity index (χ3n) is 8.95. The van der Waals surface area contributed by atoms with Crippen LogP contribution in [0.4, 0.5) is 17.1 Å². The molecule has 0 fully saturated rings. The number of aryl methyl sites for hydroxylation is 1. The van der Waals surface area contributed by atoms with Crippen LogP contribution in [0.5, 0.6) is 0 Å². The van der Waals surface area contributed by atoms with E-state index in [1.165, 1.54) is 0 Å². The van der Waals surface area contributed by atoms with Crippen LogP contribution in [0.1, 0.15) is 41.7 Å². The van der Waals surface area contributed by atoms with E-state index in [1.807, 2.05) is 41.7 Å². The summed E-state index contributed by atoms with van der Waals surface area (Å²) in [6.45, 7) is 3.17. The van der Waals surface area contributed by atoms with E-state index >= 15 is 0 Å². The maximum absolute atomic E-state index is 12.2. The summed E-state index contributed by atoms with van der Waals surface area (Å²) in [6, 6.07) is 26.7. The number of amides is 1. The highest BCUT2D eigenvalue weighted by molar-refractivity contribution is 5.79. The summed E-state index contributed by atoms with van der Waals surface area (Å²) >= 11 is 0. The molecule has 2 aromatic heterocycles.